The topological polar surface area (TPSA) is 18.5 Å². The van der Waals surface area contributed by atoms with Crippen LogP contribution in [0.15, 0.2) is 30.3 Å². The first-order valence-corrected chi connectivity index (χ1v) is 6.31. The standard InChI is InChI=1S/C12H17BrO2/c13-7-10-14-8-4-9-15-11-12-5-2-1-3-6-12/h1-3,5-6H,4,7-11H2. The Bertz CT molecular complexity index is 239. The van der Waals surface area contributed by atoms with E-state index in [1.807, 2.05) is 18.2 Å². The lowest BCUT2D eigenvalue weighted by molar-refractivity contribution is 0.0812. The Labute approximate surface area is 99.7 Å². The largest absolute Gasteiger partial charge is 0.380 e. The SMILES string of the molecule is BrCCOCCCOCc1ccccc1. The average Bonchev–Trinajstić information content (AvgIpc) is 2.29. The number of benzene rings is 1. The molecule has 15 heavy (non-hydrogen) atoms. The zero-order valence-electron chi connectivity index (χ0n) is 8.82. The Morgan fingerprint density at radius 3 is 2.40 bits per heavy atom. The summed E-state index contributed by atoms with van der Waals surface area (Å²) in [5.74, 6) is 0. The number of hydrogen-bond acceptors (Lipinski definition) is 2. The van der Waals surface area contributed by atoms with E-state index in [-0.39, 0.29) is 0 Å². The van der Waals surface area contributed by atoms with Gasteiger partial charge < -0.3 is 9.47 Å². The van der Waals surface area contributed by atoms with Gasteiger partial charge in [0.25, 0.3) is 0 Å². The predicted molar refractivity (Wildman–Crippen MR) is 65.3 cm³/mol. The van der Waals surface area contributed by atoms with E-state index in [0.29, 0.717) is 6.61 Å². The van der Waals surface area contributed by atoms with Crippen LogP contribution >= 0.6 is 15.9 Å². The summed E-state index contributed by atoms with van der Waals surface area (Å²) in [6.07, 6.45) is 0.958. The van der Waals surface area contributed by atoms with Gasteiger partial charge in [-0.15, -0.1) is 0 Å². The molecule has 0 amide bonds. The average molecular weight is 273 g/mol. The highest BCUT2D eigenvalue weighted by Crippen LogP contribution is 2.00. The van der Waals surface area contributed by atoms with Crippen molar-refractivity contribution < 1.29 is 9.47 Å². The second-order valence-corrected chi connectivity index (χ2v) is 3.99. The molecule has 0 saturated carbocycles. The molecule has 0 unspecified atom stereocenters. The smallest absolute Gasteiger partial charge is 0.0716 e. The predicted octanol–water partition coefficient (Wildman–Crippen LogP) is 3.00. The molecule has 0 radical (unpaired) electrons. The molecule has 0 fully saturated rings. The van der Waals surface area contributed by atoms with Crippen LogP contribution in [0.1, 0.15) is 12.0 Å². The Hall–Kier alpha value is -0.380. The fourth-order valence-electron chi connectivity index (χ4n) is 1.18. The summed E-state index contributed by atoms with van der Waals surface area (Å²) in [7, 11) is 0. The van der Waals surface area contributed by atoms with Crippen LogP contribution < -0.4 is 0 Å². The summed E-state index contributed by atoms with van der Waals surface area (Å²) >= 11 is 3.31. The third kappa shape index (κ3) is 6.66. The van der Waals surface area contributed by atoms with Crippen molar-refractivity contribution in [3.63, 3.8) is 0 Å². The van der Waals surface area contributed by atoms with E-state index in [0.717, 1.165) is 31.6 Å². The first-order chi connectivity index (χ1) is 7.43. The third-order valence-electron chi connectivity index (χ3n) is 1.91. The first-order valence-electron chi connectivity index (χ1n) is 5.19. The van der Waals surface area contributed by atoms with Crippen molar-refractivity contribution >= 4 is 15.9 Å². The van der Waals surface area contributed by atoms with Crippen molar-refractivity contribution in [2.75, 3.05) is 25.2 Å². The van der Waals surface area contributed by atoms with Gasteiger partial charge in [-0.2, -0.15) is 0 Å². The molecule has 0 heterocycles. The van der Waals surface area contributed by atoms with Gasteiger partial charge >= 0.3 is 0 Å². The Balaban J connectivity index is 1.93. The van der Waals surface area contributed by atoms with Gasteiger partial charge in [0.1, 0.15) is 0 Å². The van der Waals surface area contributed by atoms with Crippen LogP contribution in [-0.4, -0.2) is 25.2 Å². The van der Waals surface area contributed by atoms with Crippen molar-refractivity contribution in [3.05, 3.63) is 35.9 Å². The highest BCUT2D eigenvalue weighted by Gasteiger charge is 1.92. The van der Waals surface area contributed by atoms with E-state index in [2.05, 4.69) is 28.1 Å². The molecule has 84 valence electrons. The number of alkyl halides is 1. The summed E-state index contributed by atoms with van der Waals surface area (Å²) in [6, 6.07) is 10.2. The zero-order valence-corrected chi connectivity index (χ0v) is 10.4. The Morgan fingerprint density at radius 1 is 0.933 bits per heavy atom. The van der Waals surface area contributed by atoms with Crippen LogP contribution in [0.2, 0.25) is 0 Å². The van der Waals surface area contributed by atoms with Crippen LogP contribution in [0.4, 0.5) is 0 Å². The summed E-state index contributed by atoms with van der Waals surface area (Å²) < 4.78 is 10.8. The fourth-order valence-corrected chi connectivity index (χ4v) is 1.41. The minimum absolute atomic E-state index is 0.694. The number of ether oxygens (including phenoxy) is 2. The molecule has 1 aromatic carbocycles. The van der Waals surface area contributed by atoms with E-state index in [1.54, 1.807) is 0 Å². The molecular formula is C12H17BrO2. The second kappa shape index (κ2) is 8.89. The Kier molecular flexibility index (Phi) is 7.52. The maximum Gasteiger partial charge on any atom is 0.0716 e. The maximum absolute atomic E-state index is 5.51. The molecule has 0 aliphatic rings. The Morgan fingerprint density at radius 2 is 1.67 bits per heavy atom. The van der Waals surface area contributed by atoms with Gasteiger partial charge in [-0.05, 0) is 12.0 Å². The molecule has 0 saturated heterocycles. The monoisotopic (exact) mass is 272 g/mol. The van der Waals surface area contributed by atoms with E-state index in [1.165, 1.54) is 5.56 Å². The number of halogens is 1. The summed E-state index contributed by atoms with van der Waals surface area (Å²) in [4.78, 5) is 0. The quantitative estimate of drug-likeness (QED) is 0.535. The first kappa shape index (κ1) is 12.7. The minimum Gasteiger partial charge on any atom is -0.380 e. The lowest BCUT2D eigenvalue weighted by Crippen LogP contribution is -2.02. The zero-order chi connectivity index (χ0) is 10.8. The molecule has 2 nitrogen and oxygen atoms in total. The summed E-state index contributed by atoms with van der Waals surface area (Å²) in [6.45, 7) is 3.01. The van der Waals surface area contributed by atoms with Crippen molar-refractivity contribution in [1.82, 2.24) is 0 Å². The number of rotatable bonds is 8. The van der Waals surface area contributed by atoms with Gasteiger partial charge in [0.2, 0.25) is 0 Å². The second-order valence-electron chi connectivity index (χ2n) is 3.19. The molecule has 0 atom stereocenters. The van der Waals surface area contributed by atoms with Gasteiger partial charge in [0, 0.05) is 18.5 Å². The lowest BCUT2D eigenvalue weighted by Gasteiger charge is -2.04. The lowest BCUT2D eigenvalue weighted by atomic mass is 10.2. The molecule has 3 heteroatoms. The van der Waals surface area contributed by atoms with Crippen LogP contribution in [0, 0.1) is 0 Å². The molecule has 1 aromatic rings. The minimum atomic E-state index is 0.694. The molecular weight excluding hydrogens is 256 g/mol. The van der Waals surface area contributed by atoms with Crippen molar-refractivity contribution in [2.45, 2.75) is 13.0 Å². The summed E-state index contributed by atoms with van der Waals surface area (Å²) in [5, 5.41) is 0.901. The van der Waals surface area contributed by atoms with E-state index < -0.39 is 0 Å². The molecule has 0 spiro atoms. The molecule has 0 N–H and O–H groups in total. The van der Waals surface area contributed by atoms with Crippen molar-refractivity contribution in [2.24, 2.45) is 0 Å². The normalized spacial score (nSPS) is 10.5. The highest BCUT2D eigenvalue weighted by molar-refractivity contribution is 9.09. The van der Waals surface area contributed by atoms with Crippen LogP contribution in [0.3, 0.4) is 0 Å². The van der Waals surface area contributed by atoms with Gasteiger partial charge in [-0.3, -0.25) is 0 Å². The van der Waals surface area contributed by atoms with Crippen LogP contribution in [0.25, 0.3) is 0 Å². The highest BCUT2D eigenvalue weighted by atomic mass is 79.9. The maximum atomic E-state index is 5.51. The number of hydrogen-bond donors (Lipinski definition) is 0. The molecule has 0 bridgehead atoms. The van der Waals surface area contributed by atoms with Crippen LogP contribution in [0.5, 0.6) is 0 Å². The van der Waals surface area contributed by atoms with E-state index in [9.17, 15) is 0 Å². The van der Waals surface area contributed by atoms with Gasteiger partial charge in [-0.1, -0.05) is 46.3 Å². The fraction of sp³-hybridized carbons (Fsp3) is 0.500. The van der Waals surface area contributed by atoms with Crippen molar-refractivity contribution in [3.8, 4) is 0 Å². The molecule has 0 aromatic heterocycles. The molecule has 1 rings (SSSR count). The molecule has 0 aliphatic heterocycles. The summed E-state index contributed by atoms with van der Waals surface area (Å²) in [5.41, 5.74) is 1.22. The third-order valence-corrected chi connectivity index (χ3v) is 2.23. The van der Waals surface area contributed by atoms with E-state index >= 15 is 0 Å². The van der Waals surface area contributed by atoms with E-state index in [4.69, 9.17) is 9.47 Å². The van der Waals surface area contributed by atoms with Crippen molar-refractivity contribution in [1.29, 1.82) is 0 Å². The van der Waals surface area contributed by atoms with Crippen LogP contribution in [-0.2, 0) is 16.1 Å². The van der Waals surface area contributed by atoms with Gasteiger partial charge in [0.05, 0.1) is 13.2 Å². The van der Waals surface area contributed by atoms with Gasteiger partial charge in [0.15, 0.2) is 0 Å². The van der Waals surface area contributed by atoms with Gasteiger partial charge in [-0.25, -0.2) is 0 Å². The molecule has 0 aliphatic carbocycles.